The fourth-order valence-corrected chi connectivity index (χ4v) is 2.29. The Hall–Kier alpha value is -2.53. The molecule has 0 spiro atoms. The molecule has 5 nitrogen and oxygen atoms in total. The summed E-state index contributed by atoms with van der Waals surface area (Å²) in [6, 6.07) is 12.9. The van der Waals surface area contributed by atoms with Crippen molar-refractivity contribution in [2.45, 2.75) is 0 Å². The lowest BCUT2D eigenvalue weighted by Gasteiger charge is -2.09. The minimum atomic E-state index is 0.424. The molecule has 0 amide bonds. The Kier molecular flexibility index (Phi) is 3.50. The van der Waals surface area contributed by atoms with E-state index in [0.717, 1.165) is 16.6 Å². The topological polar surface area (TPSA) is 73.1 Å². The number of fused-ring (bicyclic) bond motifs is 1. The largest absolute Gasteiger partial charge is 0.495 e. The minimum absolute atomic E-state index is 0.424. The van der Waals surface area contributed by atoms with Gasteiger partial charge in [0.25, 0.3) is 0 Å². The fraction of sp³-hybridized carbons (Fsp3) is 0.0667. The Labute approximate surface area is 126 Å². The van der Waals surface area contributed by atoms with Crippen LogP contribution in [0.2, 0.25) is 5.02 Å². The number of hydrogen-bond acceptors (Lipinski definition) is 5. The zero-order chi connectivity index (χ0) is 14.8. The summed E-state index contributed by atoms with van der Waals surface area (Å²) < 4.78 is 5.12. The van der Waals surface area contributed by atoms with Gasteiger partial charge in [-0.05, 0) is 30.3 Å². The van der Waals surface area contributed by atoms with Crippen LogP contribution < -0.4 is 15.8 Å². The van der Waals surface area contributed by atoms with E-state index in [0.29, 0.717) is 22.5 Å². The van der Waals surface area contributed by atoms with Crippen molar-refractivity contribution in [1.82, 2.24) is 9.97 Å². The number of anilines is 3. The van der Waals surface area contributed by atoms with E-state index in [1.54, 1.807) is 19.2 Å². The molecule has 0 bridgehead atoms. The van der Waals surface area contributed by atoms with E-state index in [1.807, 2.05) is 30.3 Å². The van der Waals surface area contributed by atoms with Crippen molar-refractivity contribution in [2.24, 2.45) is 0 Å². The number of benzene rings is 2. The highest BCUT2D eigenvalue weighted by atomic mass is 35.5. The first kappa shape index (κ1) is 13.5. The number of nitrogens with zero attached hydrogens (tertiary/aromatic N) is 2. The number of halogens is 1. The van der Waals surface area contributed by atoms with E-state index in [1.165, 1.54) is 0 Å². The summed E-state index contributed by atoms with van der Waals surface area (Å²) in [5, 5.41) is 4.43. The third kappa shape index (κ3) is 2.68. The van der Waals surface area contributed by atoms with Gasteiger partial charge < -0.3 is 15.8 Å². The predicted octanol–water partition coefficient (Wildman–Crippen LogP) is 3.62. The molecular weight excluding hydrogens is 288 g/mol. The Balaban J connectivity index is 1.96. The first-order valence-electron chi connectivity index (χ1n) is 6.30. The van der Waals surface area contributed by atoms with Crippen LogP contribution in [0.4, 0.5) is 17.5 Å². The highest BCUT2D eigenvalue weighted by Crippen LogP contribution is 2.29. The quantitative estimate of drug-likeness (QED) is 0.773. The lowest BCUT2D eigenvalue weighted by molar-refractivity contribution is 0.415. The Morgan fingerprint density at radius 2 is 1.95 bits per heavy atom. The Morgan fingerprint density at radius 3 is 2.71 bits per heavy atom. The average Bonchev–Trinajstić information content (AvgIpc) is 2.47. The van der Waals surface area contributed by atoms with E-state index in [9.17, 15) is 0 Å². The number of nitrogens with one attached hydrogen (secondary N) is 1. The molecule has 0 saturated heterocycles. The van der Waals surface area contributed by atoms with Crippen molar-refractivity contribution in [3.8, 4) is 5.75 Å². The van der Waals surface area contributed by atoms with E-state index < -0.39 is 0 Å². The monoisotopic (exact) mass is 300 g/mol. The Bertz CT molecular complexity index is 807. The maximum atomic E-state index is 6.09. The van der Waals surface area contributed by atoms with Gasteiger partial charge in [-0.25, -0.2) is 4.98 Å². The van der Waals surface area contributed by atoms with Crippen LogP contribution in [0.25, 0.3) is 10.9 Å². The van der Waals surface area contributed by atoms with Gasteiger partial charge in [-0.3, -0.25) is 0 Å². The summed E-state index contributed by atoms with van der Waals surface area (Å²) in [7, 11) is 1.57. The van der Waals surface area contributed by atoms with Gasteiger partial charge in [0.1, 0.15) is 11.6 Å². The maximum absolute atomic E-state index is 6.09. The number of aromatic nitrogens is 2. The highest BCUT2D eigenvalue weighted by molar-refractivity contribution is 6.32. The van der Waals surface area contributed by atoms with Gasteiger partial charge in [0, 0.05) is 11.1 Å². The number of methoxy groups -OCH3 is 1. The van der Waals surface area contributed by atoms with Crippen LogP contribution in [0.15, 0.2) is 42.5 Å². The first-order chi connectivity index (χ1) is 10.2. The van der Waals surface area contributed by atoms with Gasteiger partial charge in [0.2, 0.25) is 5.95 Å². The molecule has 106 valence electrons. The molecule has 0 saturated carbocycles. The predicted molar refractivity (Wildman–Crippen MR) is 85.2 cm³/mol. The van der Waals surface area contributed by atoms with Crippen molar-refractivity contribution in [3.05, 3.63) is 47.5 Å². The van der Waals surface area contributed by atoms with Gasteiger partial charge in [-0.2, -0.15) is 4.98 Å². The van der Waals surface area contributed by atoms with E-state index in [4.69, 9.17) is 22.1 Å². The molecular formula is C15H13ClN4O. The third-order valence-electron chi connectivity index (χ3n) is 3.04. The summed E-state index contributed by atoms with van der Waals surface area (Å²) in [6.45, 7) is 0. The highest BCUT2D eigenvalue weighted by Gasteiger charge is 2.06. The normalized spacial score (nSPS) is 10.6. The van der Waals surface area contributed by atoms with Crippen molar-refractivity contribution >= 4 is 40.0 Å². The van der Waals surface area contributed by atoms with Gasteiger partial charge >= 0.3 is 0 Å². The summed E-state index contributed by atoms with van der Waals surface area (Å²) in [5.74, 6) is 1.47. The van der Waals surface area contributed by atoms with E-state index in [-0.39, 0.29) is 0 Å². The molecule has 0 fully saturated rings. The minimum Gasteiger partial charge on any atom is -0.495 e. The van der Waals surface area contributed by atoms with Crippen LogP contribution in [0.3, 0.4) is 0 Å². The molecule has 1 aromatic heterocycles. The molecule has 0 aliphatic heterocycles. The summed E-state index contributed by atoms with van der Waals surface area (Å²) >= 11 is 6.09. The van der Waals surface area contributed by atoms with Crippen molar-refractivity contribution in [3.63, 3.8) is 0 Å². The smallest absolute Gasteiger partial charge is 0.229 e. The summed E-state index contributed by atoms with van der Waals surface area (Å²) in [4.78, 5) is 8.68. The Morgan fingerprint density at radius 1 is 1.14 bits per heavy atom. The van der Waals surface area contributed by atoms with E-state index in [2.05, 4.69) is 15.3 Å². The first-order valence-corrected chi connectivity index (χ1v) is 6.68. The molecule has 0 atom stereocenters. The molecule has 0 unspecified atom stereocenters. The second-order valence-corrected chi connectivity index (χ2v) is 4.83. The zero-order valence-electron chi connectivity index (χ0n) is 11.3. The third-order valence-corrected chi connectivity index (χ3v) is 3.34. The second-order valence-electron chi connectivity index (χ2n) is 4.42. The SMILES string of the molecule is COc1ccc(Nc2nc(N)c3ccccc3n2)cc1Cl. The molecule has 21 heavy (non-hydrogen) atoms. The van der Waals surface area contributed by atoms with Gasteiger partial charge in [0.15, 0.2) is 0 Å². The molecule has 0 radical (unpaired) electrons. The molecule has 3 rings (SSSR count). The number of nitrogens with two attached hydrogens (primary N) is 1. The van der Waals surface area contributed by atoms with Crippen LogP contribution >= 0.6 is 11.6 Å². The standard InChI is InChI=1S/C15H13ClN4O/c1-21-13-7-6-9(8-11(13)16)18-15-19-12-5-3-2-4-10(12)14(17)20-15/h2-8H,1H3,(H3,17,18,19,20). The fourth-order valence-electron chi connectivity index (χ4n) is 2.03. The molecule has 0 aliphatic rings. The summed E-state index contributed by atoms with van der Waals surface area (Å²) in [5.41, 5.74) is 7.49. The lowest BCUT2D eigenvalue weighted by atomic mass is 10.2. The van der Waals surface area contributed by atoms with Crippen LogP contribution in [0.1, 0.15) is 0 Å². The number of rotatable bonds is 3. The van der Waals surface area contributed by atoms with E-state index >= 15 is 0 Å². The van der Waals surface area contributed by atoms with Crippen LogP contribution in [0, 0.1) is 0 Å². The van der Waals surface area contributed by atoms with Gasteiger partial charge in [0.05, 0.1) is 17.6 Å². The molecule has 2 aromatic carbocycles. The van der Waals surface area contributed by atoms with Crippen molar-refractivity contribution in [1.29, 1.82) is 0 Å². The maximum Gasteiger partial charge on any atom is 0.229 e. The molecule has 6 heteroatoms. The van der Waals surface area contributed by atoms with Gasteiger partial charge in [-0.1, -0.05) is 23.7 Å². The van der Waals surface area contributed by atoms with Crippen LogP contribution in [0.5, 0.6) is 5.75 Å². The van der Waals surface area contributed by atoms with Crippen LogP contribution in [-0.2, 0) is 0 Å². The molecule has 3 N–H and O–H groups in total. The molecule has 1 heterocycles. The number of nitrogen functional groups attached to an aromatic ring is 1. The number of hydrogen-bond donors (Lipinski definition) is 2. The van der Waals surface area contributed by atoms with Crippen LogP contribution in [-0.4, -0.2) is 17.1 Å². The lowest BCUT2D eigenvalue weighted by Crippen LogP contribution is -2.01. The number of para-hydroxylation sites is 1. The molecule has 0 aliphatic carbocycles. The summed E-state index contributed by atoms with van der Waals surface area (Å²) in [6.07, 6.45) is 0. The second kappa shape index (κ2) is 5.46. The zero-order valence-corrected chi connectivity index (χ0v) is 12.1. The van der Waals surface area contributed by atoms with Crippen molar-refractivity contribution in [2.75, 3.05) is 18.2 Å². The van der Waals surface area contributed by atoms with Gasteiger partial charge in [-0.15, -0.1) is 0 Å². The average molecular weight is 301 g/mol. The van der Waals surface area contributed by atoms with Crippen molar-refractivity contribution < 1.29 is 4.74 Å². The number of ether oxygens (including phenoxy) is 1. The molecule has 3 aromatic rings.